The molecular formula is C13H20N2O3S. The summed E-state index contributed by atoms with van der Waals surface area (Å²) in [6.45, 7) is 3.03. The van der Waals surface area contributed by atoms with Gasteiger partial charge in [-0.25, -0.2) is 13.1 Å². The highest BCUT2D eigenvalue weighted by atomic mass is 32.2. The summed E-state index contributed by atoms with van der Waals surface area (Å²) >= 11 is 0. The summed E-state index contributed by atoms with van der Waals surface area (Å²) in [5.74, 6) is 0.657. The van der Waals surface area contributed by atoms with E-state index in [-0.39, 0.29) is 10.4 Å². The SMILES string of the molecule is CC1(NS(=O)(=O)c2ccc(OCCCN)cc2)CC1. The van der Waals surface area contributed by atoms with E-state index < -0.39 is 10.0 Å². The number of ether oxygens (including phenoxy) is 1. The molecule has 1 aliphatic carbocycles. The van der Waals surface area contributed by atoms with Crippen LogP contribution in [-0.2, 0) is 10.0 Å². The van der Waals surface area contributed by atoms with Crippen LogP contribution in [0.4, 0.5) is 0 Å². The standard InChI is InChI=1S/C13H20N2O3S/c1-13(7-8-13)15-19(16,17)12-5-3-11(4-6-12)18-10-2-9-14/h3-6,15H,2,7-10,14H2,1H3. The minimum absolute atomic E-state index is 0.255. The van der Waals surface area contributed by atoms with Gasteiger partial charge in [-0.2, -0.15) is 0 Å². The molecule has 1 aromatic carbocycles. The minimum atomic E-state index is -3.42. The molecule has 0 amide bonds. The second-order valence-corrected chi connectivity index (χ2v) is 6.81. The van der Waals surface area contributed by atoms with E-state index in [1.807, 2.05) is 6.92 Å². The number of hydrogen-bond donors (Lipinski definition) is 2. The van der Waals surface area contributed by atoms with Gasteiger partial charge in [-0.1, -0.05) is 0 Å². The van der Waals surface area contributed by atoms with Crippen molar-refractivity contribution in [3.63, 3.8) is 0 Å². The second kappa shape index (κ2) is 5.48. The first-order chi connectivity index (χ1) is 8.95. The van der Waals surface area contributed by atoms with E-state index in [0.717, 1.165) is 19.3 Å². The Balaban J connectivity index is 2.01. The maximum absolute atomic E-state index is 12.1. The second-order valence-electron chi connectivity index (χ2n) is 5.13. The van der Waals surface area contributed by atoms with Gasteiger partial charge in [0.2, 0.25) is 10.0 Å². The Bertz CT molecular complexity index is 521. The Hall–Kier alpha value is -1.11. The van der Waals surface area contributed by atoms with Crippen LogP contribution < -0.4 is 15.2 Å². The van der Waals surface area contributed by atoms with Crippen LogP contribution in [0.3, 0.4) is 0 Å². The lowest BCUT2D eigenvalue weighted by molar-refractivity contribution is 0.313. The largest absolute Gasteiger partial charge is 0.494 e. The zero-order valence-corrected chi connectivity index (χ0v) is 11.9. The van der Waals surface area contributed by atoms with Gasteiger partial charge in [0.1, 0.15) is 5.75 Å². The predicted molar refractivity (Wildman–Crippen MR) is 73.6 cm³/mol. The summed E-state index contributed by atoms with van der Waals surface area (Å²) in [6.07, 6.45) is 2.57. The Morgan fingerprint density at radius 1 is 1.32 bits per heavy atom. The zero-order chi connectivity index (χ0) is 13.9. The molecule has 0 radical (unpaired) electrons. The third-order valence-electron chi connectivity index (χ3n) is 3.13. The van der Waals surface area contributed by atoms with Crippen molar-refractivity contribution in [2.24, 2.45) is 5.73 Å². The number of nitrogens with two attached hydrogens (primary N) is 1. The van der Waals surface area contributed by atoms with Crippen LogP contribution in [0.5, 0.6) is 5.75 Å². The fourth-order valence-corrected chi connectivity index (χ4v) is 3.13. The molecule has 0 atom stereocenters. The van der Waals surface area contributed by atoms with Gasteiger partial charge >= 0.3 is 0 Å². The molecule has 3 N–H and O–H groups in total. The first kappa shape index (κ1) is 14.3. The molecule has 0 spiro atoms. The molecule has 1 fully saturated rings. The number of benzene rings is 1. The van der Waals surface area contributed by atoms with Gasteiger partial charge in [-0.05, 0) is 57.0 Å². The third kappa shape index (κ3) is 3.92. The summed E-state index contributed by atoms with van der Waals surface area (Å²) in [5, 5.41) is 0. The quantitative estimate of drug-likeness (QED) is 0.738. The van der Waals surface area contributed by atoms with Crippen LogP contribution in [0, 0.1) is 0 Å². The van der Waals surface area contributed by atoms with Crippen molar-refractivity contribution in [3.05, 3.63) is 24.3 Å². The van der Waals surface area contributed by atoms with E-state index in [0.29, 0.717) is 18.9 Å². The number of rotatable bonds is 7. The Morgan fingerprint density at radius 3 is 2.47 bits per heavy atom. The first-order valence-electron chi connectivity index (χ1n) is 6.42. The lowest BCUT2D eigenvalue weighted by Crippen LogP contribution is -2.34. The van der Waals surface area contributed by atoms with Crippen molar-refractivity contribution in [3.8, 4) is 5.75 Å². The van der Waals surface area contributed by atoms with E-state index >= 15 is 0 Å². The van der Waals surface area contributed by atoms with Crippen LogP contribution >= 0.6 is 0 Å². The van der Waals surface area contributed by atoms with Crippen molar-refractivity contribution in [2.45, 2.75) is 36.6 Å². The van der Waals surface area contributed by atoms with Gasteiger partial charge in [0, 0.05) is 5.54 Å². The molecule has 6 heteroatoms. The summed E-state index contributed by atoms with van der Waals surface area (Å²) in [6, 6.07) is 6.46. The van der Waals surface area contributed by atoms with Crippen LogP contribution in [0.1, 0.15) is 26.2 Å². The van der Waals surface area contributed by atoms with Crippen LogP contribution in [0.25, 0.3) is 0 Å². The molecule has 0 unspecified atom stereocenters. The van der Waals surface area contributed by atoms with Gasteiger partial charge < -0.3 is 10.5 Å². The fraction of sp³-hybridized carbons (Fsp3) is 0.538. The maximum Gasteiger partial charge on any atom is 0.241 e. The Kier molecular flexibility index (Phi) is 4.13. The van der Waals surface area contributed by atoms with Crippen molar-refractivity contribution < 1.29 is 13.2 Å². The molecule has 1 aromatic rings. The average Bonchev–Trinajstić information content (AvgIpc) is 3.07. The van der Waals surface area contributed by atoms with Gasteiger partial charge in [0.25, 0.3) is 0 Å². The Labute approximate surface area is 114 Å². The highest BCUT2D eigenvalue weighted by Crippen LogP contribution is 2.36. The van der Waals surface area contributed by atoms with E-state index in [1.54, 1.807) is 24.3 Å². The van der Waals surface area contributed by atoms with Crippen LogP contribution in [0.15, 0.2) is 29.2 Å². The van der Waals surface area contributed by atoms with E-state index in [4.69, 9.17) is 10.5 Å². The van der Waals surface area contributed by atoms with E-state index in [1.165, 1.54) is 0 Å². The smallest absolute Gasteiger partial charge is 0.241 e. The van der Waals surface area contributed by atoms with Crippen LogP contribution in [0.2, 0.25) is 0 Å². The predicted octanol–water partition coefficient (Wildman–Crippen LogP) is 1.24. The highest BCUT2D eigenvalue weighted by molar-refractivity contribution is 7.89. The number of nitrogens with one attached hydrogen (secondary N) is 1. The minimum Gasteiger partial charge on any atom is -0.494 e. The van der Waals surface area contributed by atoms with Crippen molar-refractivity contribution >= 4 is 10.0 Å². The van der Waals surface area contributed by atoms with Gasteiger partial charge in [-0.3, -0.25) is 0 Å². The molecule has 0 bridgehead atoms. The molecule has 0 aromatic heterocycles. The maximum atomic E-state index is 12.1. The molecule has 0 saturated heterocycles. The average molecular weight is 284 g/mol. The Morgan fingerprint density at radius 2 is 1.95 bits per heavy atom. The molecule has 2 rings (SSSR count). The monoisotopic (exact) mass is 284 g/mol. The van der Waals surface area contributed by atoms with Crippen molar-refractivity contribution in [1.29, 1.82) is 0 Å². The van der Waals surface area contributed by atoms with Crippen molar-refractivity contribution in [1.82, 2.24) is 4.72 Å². The fourth-order valence-electron chi connectivity index (χ4n) is 1.66. The van der Waals surface area contributed by atoms with E-state index in [9.17, 15) is 8.42 Å². The molecular weight excluding hydrogens is 264 g/mol. The molecule has 0 heterocycles. The summed E-state index contributed by atoms with van der Waals surface area (Å²) < 4.78 is 32.3. The van der Waals surface area contributed by atoms with Gasteiger partial charge in [0.15, 0.2) is 0 Å². The molecule has 1 aliphatic rings. The summed E-state index contributed by atoms with van der Waals surface area (Å²) in [4.78, 5) is 0.270. The number of hydrogen-bond acceptors (Lipinski definition) is 4. The summed E-state index contributed by atoms with van der Waals surface area (Å²) in [7, 11) is -3.42. The summed E-state index contributed by atoms with van der Waals surface area (Å²) in [5.41, 5.74) is 5.12. The lowest BCUT2D eigenvalue weighted by Gasteiger charge is -2.12. The molecule has 19 heavy (non-hydrogen) atoms. The lowest BCUT2D eigenvalue weighted by atomic mass is 10.3. The topological polar surface area (TPSA) is 81.4 Å². The normalized spacial score (nSPS) is 17.2. The number of sulfonamides is 1. The molecule has 5 nitrogen and oxygen atoms in total. The van der Waals surface area contributed by atoms with Crippen LogP contribution in [-0.4, -0.2) is 27.1 Å². The first-order valence-corrected chi connectivity index (χ1v) is 7.90. The third-order valence-corrected chi connectivity index (χ3v) is 4.79. The molecule has 1 saturated carbocycles. The van der Waals surface area contributed by atoms with E-state index in [2.05, 4.69) is 4.72 Å². The highest BCUT2D eigenvalue weighted by Gasteiger charge is 2.41. The van der Waals surface area contributed by atoms with Gasteiger partial charge in [-0.15, -0.1) is 0 Å². The molecule has 106 valence electrons. The zero-order valence-electron chi connectivity index (χ0n) is 11.1. The van der Waals surface area contributed by atoms with Crippen molar-refractivity contribution in [2.75, 3.05) is 13.2 Å². The molecule has 0 aliphatic heterocycles. The van der Waals surface area contributed by atoms with Gasteiger partial charge in [0.05, 0.1) is 11.5 Å².